The van der Waals surface area contributed by atoms with Gasteiger partial charge in [-0.1, -0.05) is 24.3 Å². The lowest BCUT2D eigenvalue weighted by Gasteiger charge is -2.44. The van der Waals surface area contributed by atoms with Crippen molar-refractivity contribution in [3.05, 3.63) is 42.2 Å². The second-order valence-corrected chi connectivity index (χ2v) is 9.57. The van der Waals surface area contributed by atoms with Crippen molar-refractivity contribution in [2.45, 2.75) is 50.6 Å². The number of hydrogen-bond acceptors (Lipinski definition) is 5. The van der Waals surface area contributed by atoms with Crippen LogP contribution in [0.1, 0.15) is 49.0 Å². The number of pyridine rings is 1. The summed E-state index contributed by atoms with van der Waals surface area (Å²) in [7, 11) is 0. The zero-order chi connectivity index (χ0) is 22.6. The molecule has 33 heavy (non-hydrogen) atoms. The summed E-state index contributed by atoms with van der Waals surface area (Å²) < 4.78 is 5.61. The minimum absolute atomic E-state index is 0.132. The van der Waals surface area contributed by atoms with E-state index in [0.29, 0.717) is 30.2 Å². The predicted octanol–water partition coefficient (Wildman–Crippen LogP) is 2.85. The largest absolute Gasteiger partial charge is 0.381 e. The zero-order valence-corrected chi connectivity index (χ0v) is 19.2. The molecule has 1 N–H and O–H groups in total. The Kier molecular flexibility index (Phi) is 6.88. The van der Waals surface area contributed by atoms with Crippen molar-refractivity contribution in [3.63, 3.8) is 0 Å². The van der Waals surface area contributed by atoms with Gasteiger partial charge < -0.3 is 15.0 Å². The molecule has 0 spiro atoms. The molecule has 1 aliphatic carbocycles. The number of carbonyl (C=O) groups excluding carboxylic acids is 2. The zero-order valence-electron chi connectivity index (χ0n) is 19.2. The summed E-state index contributed by atoms with van der Waals surface area (Å²) in [5.41, 5.74) is 0.476. The lowest BCUT2D eigenvalue weighted by atomic mass is 9.98. The van der Waals surface area contributed by atoms with Gasteiger partial charge in [0, 0.05) is 69.0 Å². The van der Waals surface area contributed by atoms with Crippen LogP contribution in [-0.4, -0.2) is 78.1 Å². The number of ether oxygens (including phenoxy) is 1. The van der Waals surface area contributed by atoms with Crippen LogP contribution in [0.3, 0.4) is 0 Å². The Morgan fingerprint density at radius 2 is 1.88 bits per heavy atom. The topological polar surface area (TPSA) is 74.8 Å². The number of piperidine rings is 1. The predicted molar refractivity (Wildman–Crippen MR) is 127 cm³/mol. The highest BCUT2D eigenvalue weighted by Gasteiger charge is 2.37. The fourth-order valence-electron chi connectivity index (χ4n) is 5.38. The molecule has 1 aromatic carbocycles. The van der Waals surface area contributed by atoms with E-state index in [4.69, 9.17) is 4.74 Å². The van der Waals surface area contributed by atoms with Gasteiger partial charge in [0.15, 0.2) is 0 Å². The third-order valence-corrected chi connectivity index (χ3v) is 7.31. The van der Waals surface area contributed by atoms with Gasteiger partial charge in [-0.05, 0) is 50.0 Å². The van der Waals surface area contributed by atoms with E-state index in [0.717, 1.165) is 82.1 Å². The summed E-state index contributed by atoms with van der Waals surface area (Å²) >= 11 is 0. The molecule has 1 aromatic heterocycles. The minimum atomic E-state index is -0.132. The number of amides is 2. The number of nitrogens with one attached hydrogen (secondary N) is 1. The van der Waals surface area contributed by atoms with Crippen LogP contribution in [0.15, 0.2) is 36.5 Å². The first-order valence-corrected chi connectivity index (χ1v) is 12.4. The molecule has 2 amide bonds. The lowest BCUT2D eigenvalue weighted by molar-refractivity contribution is -0.135. The number of fused-ring (bicyclic) bond motifs is 1. The van der Waals surface area contributed by atoms with Crippen molar-refractivity contribution >= 4 is 22.6 Å². The maximum atomic E-state index is 13.0. The van der Waals surface area contributed by atoms with E-state index in [1.165, 1.54) is 0 Å². The van der Waals surface area contributed by atoms with Crippen molar-refractivity contribution in [2.24, 2.45) is 5.92 Å². The molecule has 1 saturated carbocycles. The van der Waals surface area contributed by atoms with E-state index in [1.807, 2.05) is 30.3 Å². The first kappa shape index (κ1) is 22.3. The maximum absolute atomic E-state index is 13.0. The van der Waals surface area contributed by atoms with Crippen LogP contribution >= 0.6 is 0 Å². The number of likely N-dealkylation sites (tertiary alicyclic amines) is 1. The second-order valence-electron chi connectivity index (χ2n) is 9.57. The van der Waals surface area contributed by atoms with E-state index >= 15 is 0 Å². The highest BCUT2D eigenvalue weighted by atomic mass is 16.5. The molecule has 2 aromatic rings. The van der Waals surface area contributed by atoms with Crippen LogP contribution in [-0.2, 0) is 9.53 Å². The van der Waals surface area contributed by atoms with E-state index < -0.39 is 0 Å². The minimum Gasteiger partial charge on any atom is -0.381 e. The molecule has 1 unspecified atom stereocenters. The summed E-state index contributed by atoms with van der Waals surface area (Å²) in [4.78, 5) is 34.6. The van der Waals surface area contributed by atoms with Crippen LogP contribution < -0.4 is 5.32 Å². The van der Waals surface area contributed by atoms with Gasteiger partial charge in [0.1, 0.15) is 5.69 Å². The molecular formula is C26H34N4O3. The smallest absolute Gasteiger partial charge is 0.270 e. The molecule has 5 rings (SSSR count). The average molecular weight is 451 g/mol. The summed E-state index contributed by atoms with van der Waals surface area (Å²) in [5.74, 6) is 0.489. The molecule has 3 heterocycles. The molecule has 0 bridgehead atoms. The average Bonchev–Trinajstić information content (AvgIpc) is 3.72. The van der Waals surface area contributed by atoms with Gasteiger partial charge >= 0.3 is 0 Å². The summed E-state index contributed by atoms with van der Waals surface area (Å²) in [6.07, 6.45) is 7.96. The normalized spacial score (nSPS) is 22.0. The van der Waals surface area contributed by atoms with Crippen molar-refractivity contribution < 1.29 is 14.3 Å². The molecule has 1 atom stereocenters. The van der Waals surface area contributed by atoms with Gasteiger partial charge in [0.25, 0.3) is 5.91 Å². The molecule has 2 saturated heterocycles. The number of aromatic nitrogens is 1. The van der Waals surface area contributed by atoms with Crippen LogP contribution in [0.5, 0.6) is 0 Å². The van der Waals surface area contributed by atoms with Crippen molar-refractivity contribution in [1.82, 2.24) is 20.1 Å². The number of rotatable bonds is 7. The molecule has 7 heteroatoms. The van der Waals surface area contributed by atoms with Gasteiger partial charge in [0.05, 0.1) is 0 Å². The van der Waals surface area contributed by atoms with Crippen LogP contribution in [0, 0.1) is 5.92 Å². The molecular weight excluding hydrogens is 416 g/mol. The van der Waals surface area contributed by atoms with Crippen LogP contribution in [0.25, 0.3) is 10.8 Å². The third kappa shape index (κ3) is 5.20. The molecule has 176 valence electrons. The Balaban J connectivity index is 1.24. The van der Waals surface area contributed by atoms with Gasteiger partial charge in [-0.3, -0.25) is 19.5 Å². The standard InChI is InChI=1S/C26H34N4O3/c31-25(24-23-6-2-1-4-19(23)9-12-27-24)28-13-15-30(21-10-16-33-17-11-21)22-5-3-14-29(18-22)26(32)20-7-8-20/h1-2,4,6,9,12,20-22H,3,5,7-8,10-11,13-18H2,(H,28,31). The van der Waals surface area contributed by atoms with Crippen molar-refractivity contribution in [1.29, 1.82) is 0 Å². The quantitative estimate of drug-likeness (QED) is 0.702. The van der Waals surface area contributed by atoms with E-state index in [9.17, 15) is 9.59 Å². The first-order valence-electron chi connectivity index (χ1n) is 12.4. The fraction of sp³-hybridized carbons (Fsp3) is 0.577. The molecule has 3 fully saturated rings. The van der Waals surface area contributed by atoms with Crippen LogP contribution in [0.2, 0.25) is 0 Å². The number of carbonyl (C=O) groups is 2. The number of nitrogens with zero attached hydrogens (tertiary/aromatic N) is 3. The lowest BCUT2D eigenvalue weighted by Crippen LogP contribution is -2.55. The molecule has 0 radical (unpaired) electrons. The summed E-state index contributed by atoms with van der Waals surface area (Å²) in [6, 6.07) is 10.6. The van der Waals surface area contributed by atoms with Gasteiger partial charge in [0.2, 0.25) is 5.91 Å². The first-order chi connectivity index (χ1) is 16.2. The van der Waals surface area contributed by atoms with Gasteiger partial charge in [-0.15, -0.1) is 0 Å². The molecule has 7 nitrogen and oxygen atoms in total. The fourth-order valence-corrected chi connectivity index (χ4v) is 5.38. The second kappa shape index (κ2) is 10.2. The highest BCUT2D eigenvalue weighted by molar-refractivity contribution is 6.05. The maximum Gasteiger partial charge on any atom is 0.270 e. The molecule has 3 aliphatic rings. The summed E-state index contributed by atoms with van der Waals surface area (Å²) in [5, 5.41) is 5.00. The Morgan fingerprint density at radius 1 is 1.06 bits per heavy atom. The summed E-state index contributed by atoms with van der Waals surface area (Å²) in [6.45, 7) is 4.60. The monoisotopic (exact) mass is 450 g/mol. The van der Waals surface area contributed by atoms with Crippen LogP contribution in [0.4, 0.5) is 0 Å². The Morgan fingerprint density at radius 3 is 2.70 bits per heavy atom. The van der Waals surface area contributed by atoms with E-state index in [1.54, 1.807) is 6.20 Å². The van der Waals surface area contributed by atoms with Gasteiger partial charge in [-0.25, -0.2) is 0 Å². The van der Waals surface area contributed by atoms with E-state index in [-0.39, 0.29) is 11.8 Å². The highest BCUT2D eigenvalue weighted by Crippen LogP contribution is 2.33. The Bertz CT molecular complexity index is 981. The Hall–Kier alpha value is -2.51. The Labute approximate surface area is 195 Å². The molecule has 2 aliphatic heterocycles. The number of benzene rings is 1. The van der Waals surface area contributed by atoms with E-state index in [2.05, 4.69) is 20.1 Å². The van der Waals surface area contributed by atoms with Crippen molar-refractivity contribution in [2.75, 3.05) is 39.4 Å². The van der Waals surface area contributed by atoms with Crippen molar-refractivity contribution in [3.8, 4) is 0 Å². The number of hydrogen-bond donors (Lipinski definition) is 1. The SMILES string of the molecule is O=C(NCCN(C1CCOCC1)C1CCCN(C(=O)C2CC2)C1)c1nccc2ccccc12. The third-order valence-electron chi connectivity index (χ3n) is 7.31. The van der Waals surface area contributed by atoms with Gasteiger partial charge in [-0.2, -0.15) is 0 Å².